The van der Waals surface area contributed by atoms with Crippen LogP contribution in [0.25, 0.3) is 0 Å². The Hall–Kier alpha value is -2.69. The zero-order valence-electron chi connectivity index (χ0n) is 26.4. The lowest BCUT2D eigenvalue weighted by molar-refractivity contribution is -0.208. The summed E-state index contributed by atoms with van der Waals surface area (Å²) in [5.41, 5.74) is 1.00. The van der Waals surface area contributed by atoms with E-state index in [0.717, 1.165) is 37.8 Å². The van der Waals surface area contributed by atoms with Gasteiger partial charge in [-0.3, -0.25) is 9.59 Å². The Bertz CT molecular complexity index is 1310. The lowest BCUT2D eigenvalue weighted by Gasteiger charge is -2.61. The van der Waals surface area contributed by atoms with Crippen molar-refractivity contribution in [1.29, 1.82) is 0 Å². The number of rotatable bonds is 8. The minimum absolute atomic E-state index is 0.0540. The summed E-state index contributed by atoms with van der Waals surface area (Å²) in [4.78, 5) is 32.1. The summed E-state index contributed by atoms with van der Waals surface area (Å²) in [6, 6.07) is 4.35. The molecule has 1 amide bonds. The molecule has 0 aromatic heterocycles. The van der Waals surface area contributed by atoms with Crippen LogP contribution in [0.1, 0.15) is 69.8 Å². The van der Waals surface area contributed by atoms with E-state index >= 15 is 4.39 Å². The number of benzene rings is 1. The number of ketones is 1. The van der Waals surface area contributed by atoms with Crippen molar-refractivity contribution >= 4 is 11.7 Å². The van der Waals surface area contributed by atoms with Gasteiger partial charge in [0, 0.05) is 24.7 Å². The van der Waals surface area contributed by atoms with E-state index in [2.05, 4.69) is 27.5 Å². The molecule has 3 aliphatic heterocycles. The molecular formula is C35H49FN4O5. The third kappa shape index (κ3) is 5.98. The predicted molar refractivity (Wildman–Crippen MR) is 167 cm³/mol. The van der Waals surface area contributed by atoms with Crippen molar-refractivity contribution < 1.29 is 28.9 Å². The van der Waals surface area contributed by atoms with Crippen molar-refractivity contribution in [2.75, 3.05) is 26.7 Å². The Morgan fingerprint density at radius 3 is 2.60 bits per heavy atom. The maximum Gasteiger partial charge on any atom is 0.256 e. The predicted octanol–water partition coefficient (Wildman–Crippen LogP) is 3.43. The number of nitrogens with zero attached hydrogens (tertiary/aromatic N) is 2. The Labute approximate surface area is 265 Å². The fraction of sp³-hybridized carbons (Fsp3) is 0.714. The molecular weight excluding hydrogens is 575 g/mol. The van der Waals surface area contributed by atoms with Gasteiger partial charge < -0.3 is 35.4 Å². The highest BCUT2D eigenvalue weighted by molar-refractivity contribution is 6.20. The first-order valence-electron chi connectivity index (χ1n) is 17.3. The first-order chi connectivity index (χ1) is 21.8. The van der Waals surface area contributed by atoms with Crippen molar-refractivity contribution in [3.63, 3.8) is 0 Å². The molecule has 4 N–H and O–H groups in total. The van der Waals surface area contributed by atoms with E-state index in [1.807, 2.05) is 6.20 Å². The number of phenols is 2. The SMILES string of the molecule is CN1CCCC1CCNC(=O)C1=CN2C3CC4CCCCC4CC3OC3C(NCCc4ccc(O)c(O)c4)C(F)CC(C1=O)C32. The number of hydrogen-bond acceptors (Lipinski definition) is 8. The number of likely N-dealkylation sites (tertiary alicyclic amines) is 1. The van der Waals surface area contributed by atoms with E-state index in [1.54, 1.807) is 6.07 Å². The number of aromatic hydroxyl groups is 2. The molecule has 1 aromatic carbocycles. The molecule has 10 heteroatoms. The number of fused-ring (bicyclic) bond motifs is 3. The third-order valence-electron chi connectivity index (χ3n) is 12.0. The highest BCUT2D eigenvalue weighted by Gasteiger charge is 2.59. The highest BCUT2D eigenvalue weighted by atomic mass is 19.1. The first-order valence-corrected chi connectivity index (χ1v) is 17.3. The van der Waals surface area contributed by atoms with Gasteiger partial charge in [0.05, 0.1) is 35.9 Å². The average molecular weight is 625 g/mol. The zero-order valence-corrected chi connectivity index (χ0v) is 26.4. The number of halogens is 1. The quantitative estimate of drug-likeness (QED) is 0.257. The van der Waals surface area contributed by atoms with E-state index in [0.29, 0.717) is 37.4 Å². The number of morpholine rings is 1. The van der Waals surface area contributed by atoms with Gasteiger partial charge in [0.1, 0.15) is 6.17 Å². The summed E-state index contributed by atoms with van der Waals surface area (Å²) in [6.45, 7) is 2.05. The molecule has 0 bridgehead atoms. The van der Waals surface area contributed by atoms with Crippen LogP contribution in [-0.4, -0.2) is 101 Å². The van der Waals surface area contributed by atoms with Crippen LogP contribution in [0.15, 0.2) is 30.0 Å². The van der Waals surface area contributed by atoms with Crippen LogP contribution >= 0.6 is 0 Å². The summed E-state index contributed by atoms with van der Waals surface area (Å²) in [7, 11) is 2.12. The van der Waals surface area contributed by atoms with Gasteiger partial charge in [-0.25, -0.2) is 4.39 Å². The minimum atomic E-state index is -1.31. The number of Topliss-reactive ketones (excluding diaryl/α,β-unsaturated/α-hetero) is 1. The average Bonchev–Trinajstić information content (AvgIpc) is 3.44. The van der Waals surface area contributed by atoms with Crippen LogP contribution < -0.4 is 10.6 Å². The maximum atomic E-state index is 16.1. The standard InChI is InChI=1S/C35H49FN4O5/c1-39-14-4-7-23(39)11-13-38-35(44)25-19-40-27-16-21-5-2-3-6-22(21)17-30(27)45-34-31(26(36)18-24(32(34)40)33(25)43)37-12-10-20-8-9-28(41)29(42)15-20/h8-9,15,19,21-24,26-27,30-32,34,37,41-42H,2-7,10-14,16-18H2,1H3,(H,38,44). The molecule has 2 saturated heterocycles. The van der Waals surface area contributed by atoms with Gasteiger partial charge in [0.25, 0.3) is 5.91 Å². The van der Waals surface area contributed by atoms with E-state index in [4.69, 9.17) is 4.74 Å². The summed E-state index contributed by atoms with van der Waals surface area (Å²) in [5.74, 6) is -0.338. The third-order valence-corrected chi connectivity index (χ3v) is 12.0. The van der Waals surface area contributed by atoms with Crippen molar-refractivity contribution in [1.82, 2.24) is 20.4 Å². The monoisotopic (exact) mass is 624 g/mol. The molecule has 3 aliphatic carbocycles. The second-order valence-electron chi connectivity index (χ2n) is 14.6. The van der Waals surface area contributed by atoms with Crippen molar-refractivity contribution in [3.05, 3.63) is 35.5 Å². The maximum absolute atomic E-state index is 16.1. The summed E-state index contributed by atoms with van der Waals surface area (Å²) >= 11 is 0. The van der Waals surface area contributed by atoms with Crippen LogP contribution in [0.2, 0.25) is 0 Å². The summed E-state index contributed by atoms with van der Waals surface area (Å²) < 4.78 is 23.0. The second-order valence-corrected chi connectivity index (χ2v) is 14.6. The number of amides is 1. The zero-order chi connectivity index (χ0) is 31.2. The fourth-order valence-corrected chi connectivity index (χ4v) is 9.59. The second kappa shape index (κ2) is 12.8. The number of ether oxygens (including phenoxy) is 1. The number of hydrogen-bond donors (Lipinski definition) is 4. The smallest absolute Gasteiger partial charge is 0.256 e. The van der Waals surface area contributed by atoms with Crippen molar-refractivity contribution in [3.8, 4) is 11.5 Å². The molecule has 7 rings (SSSR count). The van der Waals surface area contributed by atoms with Gasteiger partial charge in [-0.1, -0.05) is 31.7 Å². The number of phenolic OH excluding ortho intramolecular Hbond substituents is 2. The molecule has 3 saturated carbocycles. The molecule has 0 spiro atoms. The Morgan fingerprint density at radius 1 is 1.04 bits per heavy atom. The minimum Gasteiger partial charge on any atom is -0.504 e. The molecule has 246 valence electrons. The lowest BCUT2D eigenvalue weighted by atomic mass is 9.65. The van der Waals surface area contributed by atoms with E-state index < -0.39 is 24.2 Å². The fourth-order valence-electron chi connectivity index (χ4n) is 9.59. The molecule has 1 aromatic rings. The first kappa shape index (κ1) is 30.9. The Balaban J connectivity index is 1.12. The Morgan fingerprint density at radius 2 is 1.84 bits per heavy atom. The molecule has 6 aliphatic rings. The van der Waals surface area contributed by atoms with Crippen LogP contribution in [0.3, 0.4) is 0 Å². The topological polar surface area (TPSA) is 114 Å². The van der Waals surface area contributed by atoms with Gasteiger partial charge in [-0.2, -0.15) is 0 Å². The van der Waals surface area contributed by atoms with Gasteiger partial charge in [-0.05, 0) is 94.6 Å². The normalized spacial score (nSPS) is 37.8. The molecule has 5 fully saturated rings. The van der Waals surface area contributed by atoms with Gasteiger partial charge in [-0.15, -0.1) is 0 Å². The molecule has 9 nitrogen and oxygen atoms in total. The number of carbonyl (C=O) groups is 2. The summed E-state index contributed by atoms with van der Waals surface area (Å²) in [6.07, 6.45) is 10.5. The van der Waals surface area contributed by atoms with Gasteiger partial charge in [0.15, 0.2) is 17.3 Å². The molecule has 3 heterocycles. The number of nitrogens with one attached hydrogen (secondary N) is 2. The molecule has 10 atom stereocenters. The highest BCUT2D eigenvalue weighted by Crippen LogP contribution is 2.50. The van der Waals surface area contributed by atoms with Crippen LogP contribution in [-0.2, 0) is 20.7 Å². The number of alkyl halides is 1. The van der Waals surface area contributed by atoms with E-state index in [-0.39, 0.29) is 53.4 Å². The summed E-state index contributed by atoms with van der Waals surface area (Å²) in [5, 5.41) is 26.0. The number of carbonyl (C=O) groups excluding carboxylic acids is 2. The van der Waals surface area contributed by atoms with Crippen molar-refractivity contribution in [2.24, 2.45) is 17.8 Å². The Kier molecular flexibility index (Phi) is 8.83. The molecule has 45 heavy (non-hydrogen) atoms. The van der Waals surface area contributed by atoms with Crippen molar-refractivity contribution in [2.45, 2.75) is 113 Å². The largest absolute Gasteiger partial charge is 0.504 e. The lowest BCUT2D eigenvalue weighted by Crippen LogP contribution is -2.73. The van der Waals surface area contributed by atoms with Crippen LogP contribution in [0, 0.1) is 17.8 Å². The molecule has 10 unspecified atom stereocenters. The van der Waals surface area contributed by atoms with Gasteiger partial charge >= 0.3 is 0 Å². The van der Waals surface area contributed by atoms with Crippen LogP contribution in [0.5, 0.6) is 11.5 Å². The molecule has 0 radical (unpaired) electrons. The van der Waals surface area contributed by atoms with Gasteiger partial charge in [0.2, 0.25) is 0 Å². The van der Waals surface area contributed by atoms with E-state index in [1.165, 1.54) is 44.2 Å². The van der Waals surface area contributed by atoms with Crippen LogP contribution in [0.4, 0.5) is 4.39 Å². The van der Waals surface area contributed by atoms with E-state index in [9.17, 15) is 19.8 Å².